The molecular weight excluding hydrogens is 348 g/mol. The maximum absolute atomic E-state index is 12.8. The number of phenols is 1. The molecule has 27 heavy (non-hydrogen) atoms. The quantitative estimate of drug-likeness (QED) is 0.641. The Morgan fingerprint density at radius 3 is 2.41 bits per heavy atom. The van der Waals surface area contributed by atoms with E-state index in [9.17, 15) is 19.5 Å². The molecule has 2 N–H and O–H groups in total. The lowest BCUT2D eigenvalue weighted by molar-refractivity contribution is -0.122. The maximum Gasteiger partial charge on any atom is 0.335 e. The molecule has 0 bridgehead atoms. The molecule has 3 rings (SSSR count). The third kappa shape index (κ3) is 3.52. The predicted molar refractivity (Wildman–Crippen MR) is 99.5 cm³/mol. The van der Waals surface area contributed by atoms with Crippen LogP contribution in [0.2, 0.25) is 0 Å². The first-order chi connectivity index (χ1) is 12.9. The number of nitrogens with one attached hydrogen (secondary N) is 1. The number of imide groups is 2. The van der Waals surface area contributed by atoms with Gasteiger partial charge in [-0.1, -0.05) is 25.1 Å². The van der Waals surface area contributed by atoms with Crippen molar-refractivity contribution in [1.29, 1.82) is 0 Å². The Bertz CT molecular complexity index is 947. The lowest BCUT2D eigenvalue weighted by Crippen LogP contribution is -2.54. The van der Waals surface area contributed by atoms with E-state index in [0.29, 0.717) is 11.3 Å². The van der Waals surface area contributed by atoms with Crippen LogP contribution in [0, 0.1) is 0 Å². The predicted octanol–water partition coefficient (Wildman–Crippen LogP) is 2.63. The van der Waals surface area contributed by atoms with Gasteiger partial charge in [-0.3, -0.25) is 14.9 Å². The van der Waals surface area contributed by atoms with E-state index in [1.54, 1.807) is 18.2 Å². The number of amides is 4. The highest BCUT2D eigenvalue weighted by molar-refractivity contribution is 6.39. The first kappa shape index (κ1) is 18.2. The molecule has 0 spiro atoms. The molecule has 7 heteroatoms. The number of aromatic hydroxyl groups is 1. The number of phenolic OH excluding ortho intramolecular Hbond substituents is 1. The van der Waals surface area contributed by atoms with Crippen molar-refractivity contribution in [2.24, 2.45) is 0 Å². The highest BCUT2D eigenvalue weighted by Crippen LogP contribution is 2.28. The summed E-state index contributed by atoms with van der Waals surface area (Å²) in [7, 11) is 1.42. The minimum Gasteiger partial charge on any atom is -0.504 e. The van der Waals surface area contributed by atoms with Crippen LogP contribution in [0.1, 0.15) is 18.1 Å². The van der Waals surface area contributed by atoms with E-state index in [4.69, 9.17) is 4.74 Å². The third-order valence-electron chi connectivity index (χ3n) is 4.22. The lowest BCUT2D eigenvalue weighted by atomic mass is 10.1. The van der Waals surface area contributed by atoms with Gasteiger partial charge in [-0.05, 0) is 47.9 Å². The molecule has 7 nitrogen and oxygen atoms in total. The summed E-state index contributed by atoms with van der Waals surface area (Å²) in [5, 5.41) is 12.0. The Morgan fingerprint density at radius 1 is 1.11 bits per heavy atom. The number of ether oxygens (including phenoxy) is 1. The Morgan fingerprint density at radius 2 is 1.81 bits per heavy atom. The number of barbiturate groups is 1. The molecular formula is C20H18N2O5. The molecule has 0 radical (unpaired) electrons. The number of hydrogen-bond acceptors (Lipinski definition) is 5. The van der Waals surface area contributed by atoms with Crippen LogP contribution in [0.3, 0.4) is 0 Å². The summed E-state index contributed by atoms with van der Waals surface area (Å²) in [5.74, 6) is -1.38. The maximum atomic E-state index is 12.8. The van der Waals surface area contributed by atoms with Gasteiger partial charge in [0.05, 0.1) is 12.8 Å². The third-order valence-corrected chi connectivity index (χ3v) is 4.22. The number of anilines is 1. The van der Waals surface area contributed by atoms with Gasteiger partial charge in [-0.25, -0.2) is 9.69 Å². The molecule has 0 unspecified atom stereocenters. The fourth-order valence-corrected chi connectivity index (χ4v) is 2.74. The Hall–Kier alpha value is -3.61. The second kappa shape index (κ2) is 7.33. The van der Waals surface area contributed by atoms with Crippen molar-refractivity contribution < 1.29 is 24.2 Å². The van der Waals surface area contributed by atoms with E-state index in [-0.39, 0.29) is 17.1 Å². The topological polar surface area (TPSA) is 95.9 Å². The number of carbonyl (C=O) groups excluding carboxylic acids is 3. The van der Waals surface area contributed by atoms with Crippen molar-refractivity contribution in [3.05, 3.63) is 59.2 Å². The van der Waals surface area contributed by atoms with Crippen LogP contribution in [0.15, 0.2) is 48.0 Å². The molecule has 1 fully saturated rings. The average Bonchev–Trinajstić information content (AvgIpc) is 2.65. The molecule has 1 aliphatic rings. The molecule has 1 aliphatic heterocycles. The lowest BCUT2D eigenvalue weighted by Gasteiger charge is -2.26. The standard InChI is InChI=1S/C20H18N2O5/c1-3-12-4-7-14(8-5-12)22-19(25)15(18(24)21-20(22)26)10-13-6-9-17(27-2)16(23)11-13/h4-11,23H,3H2,1-2H3,(H,21,24,26). The van der Waals surface area contributed by atoms with Gasteiger partial charge in [-0.2, -0.15) is 0 Å². The van der Waals surface area contributed by atoms with Crippen LogP contribution in [-0.2, 0) is 16.0 Å². The smallest absolute Gasteiger partial charge is 0.335 e. The molecule has 4 amide bonds. The van der Waals surface area contributed by atoms with Crippen molar-refractivity contribution in [3.63, 3.8) is 0 Å². The van der Waals surface area contributed by atoms with Crippen LogP contribution < -0.4 is 15.0 Å². The SMILES string of the molecule is CCc1ccc(N2C(=O)NC(=O)C(=Cc3ccc(OC)c(O)c3)C2=O)cc1. The number of hydrogen-bond donors (Lipinski definition) is 2. The van der Waals surface area contributed by atoms with Gasteiger partial charge in [-0.15, -0.1) is 0 Å². The zero-order valence-corrected chi connectivity index (χ0v) is 14.9. The number of benzene rings is 2. The van der Waals surface area contributed by atoms with Crippen molar-refractivity contribution in [1.82, 2.24) is 5.32 Å². The Labute approximate surface area is 155 Å². The summed E-state index contributed by atoms with van der Waals surface area (Å²) in [5.41, 5.74) is 1.64. The zero-order valence-electron chi connectivity index (χ0n) is 14.9. The molecule has 0 atom stereocenters. The van der Waals surface area contributed by atoms with E-state index in [1.165, 1.54) is 25.3 Å². The van der Waals surface area contributed by atoms with E-state index in [1.807, 2.05) is 19.1 Å². The second-order valence-electron chi connectivity index (χ2n) is 5.91. The number of carbonyl (C=O) groups is 3. The van der Waals surface area contributed by atoms with Gasteiger partial charge in [0.15, 0.2) is 11.5 Å². The van der Waals surface area contributed by atoms with Crippen LogP contribution in [0.5, 0.6) is 11.5 Å². The van der Waals surface area contributed by atoms with Gasteiger partial charge < -0.3 is 9.84 Å². The summed E-state index contributed by atoms with van der Waals surface area (Å²) in [4.78, 5) is 38.1. The van der Waals surface area contributed by atoms with Crippen LogP contribution in [-0.4, -0.2) is 30.1 Å². The molecule has 2 aromatic rings. The highest BCUT2D eigenvalue weighted by Gasteiger charge is 2.36. The Kier molecular flexibility index (Phi) is 4.94. The van der Waals surface area contributed by atoms with Crippen molar-refractivity contribution in [2.45, 2.75) is 13.3 Å². The van der Waals surface area contributed by atoms with E-state index in [0.717, 1.165) is 16.9 Å². The minimum absolute atomic E-state index is 0.126. The molecule has 0 aromatic heterocycles. The van der Waals surface area contributed by atoms with Crippen molar-refractivity contribution in [3.8, 4) is 11.5 Å². The van der Waals surface area contributed by atoms with Gasteiger partial charge >= 0.3 is 6.03 Å². The number of rotatable bonds is 4. The Balaban J connectivity index is 1.97. The van der Waals surface area contributed by atoms with Crippen LogP contribution in [0.25, 0.3) is 6.08 Å². The molecule has 1 saturated heterocycles. The first-order valence-electron chi connectivity index (χ1n) is 8.32. The number of urea groups is 1. The second-order valence-corrected chi connectivity index (χ2v) is 5.91. The summed E-state index contributed by atoms with van der Waals surface area (Å²) < 4.78 is 4.97. The van der Waals surface area contributed by atoms with E-state index >= 15 is 0 Å². The van der Waals surface area contributed by atoms with Crippen LogP contribution >= 0.6 is 0 Å². The highest BCUT2D eigenvalue weighted by atomic mass is 16.5. The number of aryl methyl sites for hydroxylation is 1. The van der Waals surface area contributed by atoms with Crippen molar-refractivity contribution in [2.75, 3.05) is 12.0 Å². The van der Waals surface area contributed by atoms with Crippen LogP contribution in [0.4, 0.5) is 10.5 Å². The fourth-order valence-electron chi connectivity index (χ4n) is 2.74. The molecule has 1 heterocycles. The fraction of sp³-hybridized carbons (Fsp3) is 0.150. The summed E-state index contributed by atoms with van der Waals surface area (Å²) in [6.07, 6.45) is 2.14. The van der Waals surface area contributed by atoms with Gasteiger partial charge in [0.2, 0.25) is 0 Å². The van der Waals surface area contributed by atoms with Gasteiger partial charge in [0.1, 0.15) is 5.57 Å². The van der Waals surface area contributed by atoms with Crippen molar-refractivity contribution >= 4 is 29.6 Å². The summed E-state index contributed by atoms with van der Waals surface area (Å²) in [6, 6.07) is 10.6. The van der Waals surface area contributed by atoms with E-state index in [2.05, 4.69) is 5.32 Å². The largest absolute Gasteiger partial charge is 0.504 e. The normalized spacial score (nSPS) is 15.9. The molecule has 2 aromatic carbocycles. The minimum atomic E-state index is -0.802. The first-order valence-corrected chi connectivity index (χ1v) is 8.32. The zero-order chi connectivity index (χ0) is 19.6. The summed E-state index contributed by atoms with van der Waals surface area (Å²) in [6.45, 7) is 2.00. The van der Waals surface area contributed by atoms with E-state index < -0.39 is 17.8 Å². The molecule has 138 valence electrons. The average molecular weight is 366 g/mol. The molecule has 0 aliphatic carbocycles. The van der Waals surface area contributed by atoms with Gasteiger partial charge in [0, 0.05) is 0 Å². The number of nitrogens with zero attached hydrogens (tertiary/aromatic N) is 1. The van der Waals surface area contributed by atoms with Gasteiger partial charge in [0.25, 0.3) is 11.8 Å². The molecule has 0 saturated carbocycles. The number of methoxy groups -OCH3 is 1. The summed E-state index contributed by atoms with van der Waals surface area (Å²) >= 11 is 0. The monoisotopic (exact) mass is 366 g/mol.